The Balaban J connectivity index is 0.000000121. The quantitative estimate of drug-likeness (QED) is 0.0689. The number of aromatic amines is 3. The van der Waals surface area contributed by atoms with Gasteiger partial charge in [-0.05, 0) is 161 Å². The number of aromatic nitrogens is 6. The lowest BCUT2D eigenvalue weighted by atomic mass is 9.89. The molecule has 432 valence electrons. The number of carboxylic acids is 3. The Morgan fingerprint density at radius 3 is 0.839 bits per heavy atom. The Kier molecular flexibility index (Phi) is 15.9. The van der Waals surface area contributed by atoms with Crippen molar-refractivity contribution >= 4 is 51.0 Å². The van der Waals surface area contributed by atoms with Crippen LogP contribution < -0.4 is 0 Å². The summed E-state index contributed by atoms with van der Waals surface area (Å²) in [5.74, 6) is -1.51. The predicted octanol–water partition coefficient (Wildman–Crippen LogP) is 18.8. The van der Waals surface area contributed by atoms with Gasteiger partial charge in [0.1, 0.15) is 16.9 Å². The molecule has 3 aliphatic carbocycles. The third kappa shape index (κ3) is 11.7. The molecule has 3 fully saturated rings. The highest BCUT2D eigenvalue weighted by Crippen LogP contribution is 2.43. The first-order valence-electron chi connectivity index (χ1n) is 30.3. The Bertz CT molecular complexity index is 4020. The lowest BCUT2D eigenvalue weighted by Crippen LogP contribution is -2.05. The van der Waals surface area contributed by atoms with E-state index in [0.29, 0.717) is 34.4 Å². The highest BCUT2D eigenvalue weighted by Gasteiger charge is 2.27. The van der Waals surface area contributed by atoms with E-state index in [4.69, 9.17) is 0 Å². The van der Waals surface area contributed by atoms with E-state index in [1.807, 2.05) is 110 Å². The Morgan fingerprint density at radius 2 is 0.586 bits per heavy atom. The summed E-state index contributed by atoms with van der Waals surface area (Å²) >= 11 is 0. The minimum absolute atomic E-state index is 0.337. The molecule has 0 spiro atoms. The molecule has 6 N–H and O–H groups in total. The van der Waals surface area contributed by atoms with Gasteiger partial charge in [-0.1, -0.05) is 148 Å². The fraction of sp³-hybridized carbons (Fsp3) is 0.200. The first-order chi connectivity index (χ1) is 42.6. The number of pyridine rings is 3. The summed E-state index contributed by atoms with van der Waals surface area (Å²) < 4.78 is 0. The normalized spacial score (nSPS) is 14.5. The molecule has 0 aliphatic heterocycles. The number of benzene rings is 6. The number of carboxylic acid groups (broad SMARTS) is 3. The lowest BCUT2D eigenvalue weighted by Gasteiger charge is -2.15. The topological polar surface area (TPSA) is 198 Å². The van der Waals surface area contributed by atoms with Gasteiger partial charge in [-0.3, -0.25) is 0 Å². The van der Waals surface area contributed by atoms with Crippen molar-refractivity contribution in [3.63, 3.8) is 0 Å². The van der Waals surface area contributed by atoms with Crippen LogP contribution in [-0.2, 0) is 0 Å². The summed E-state index contributed by atoms with van der Waals surface area (Å²) in [6, 6.07) is 54.4. The lowest BCUT2D eigenvalue weighted by molar-refractivity contribution is 0.0684. The summed E-state index contributed by atoms with van der Waals surface area (Å²) in [6.45, 7) is 0. The number of nitrogens with zero attached hydrogens (tertiary/aromatic N) is 3. The van der Waals surface area contributed by atoms with E-state index >= 15 is 0 Å². The van der Waals surface area contributed by atoms with Crippen molar-refractivity contribution in [2.24, 2.45) is 0 Å². The first-order valence-corrected chi connectivity index (χ1v) is 30.3. The summed E-state index contributed by atoms with van der Waals surface area (Å²) in [5, 5.41) is 32.1. The number of H-pyrrole nitrogens is 3. The molecule has 0 amide bonds. The molecule has 12 nitrogen and oxygen atoms in total. The standard InChI is InChI=1S/3C25H22N2O2/c3*28-25(29)20-11-10-18(12-21(20)17-8-4-5-9-17)23-15-27-24-22(23)13-19(14-26-24)16-6-2-1-3-7-16/h3*1-3,6-7,10-15,17H,4-5,8-9H2,(H,26,27)(H,28,29). The second kappa shape index (κ2) is 24.8. The van der Waals surface area contributed by atoms with Crippen LogP contribution in [0.15, 0.2) is 201 Å². The largest absolute Gasteiger partial charge is 0.478 e. The number of aromatic carboxylic acids is 3. The number of fused-ring (bicyclic) bond motifs is 3. The zero-order chi connectivity index (χ0) is 59.4. The molecule has 87 heavy (non-hydrogen) atoms. The van der Waals surface area contributed by atoms with E-state index in [1.54, 1.807) is 18.2 Å². The van der Waals surface area contributed by atoms with E-state index in [-0.39, 0.29) is 0 Å². The molecule has 12 aromatic rings. The van der Waals surface area contributed by atoms with Gasteiger partial charge >= 0.3 is 17.9 Å². The smallest absolute Gasteiger partial charge is 0.335 e. The molecule has 3 saturated carbocycles. The molecule has 0 unspecified atom stereocenters. The minimum atomic E-state index is -0.842. The fourth-order valence-corrected chi connectivity index (χ4v) is 13.6. The van der Waals surface area contributed by atoms with Gasteiger partial charge in [0.15, 0.2) is 0 Å². The summed E-state index contributed by atoms with van der Waals surface area (Å²) in [6.07, 6.45) is 25.0. The Labute approximate surface area is 504 Å². The van der Waals surface area contributed by atoms with Gasteiger partial charge in [-0.15, -0.1) is 0 Å². The summed E-state index contributed by atoms with van der Waals surface area (Å²) in [5.41, 5.74) is 19.6. The van der Waals surface area contributed by atoms with Crippen molar-refractivity contribution in [3.8, 4) is 66.8 Å². The molecular weight excluding hydrogens is 1080 g/mol. The maximum Gasteiger partial charge on any atom is 0.335 e. The third-order valence-corrected chi connectivity index (χ3v) is 18.1. The van der Waals surface area contributed by atoms with Crippen LogP contribution in [0.3, 0.4) is 0 Å². The highest BCUT2D eigenvalue weighted by atomic mass is 16.4. The second-order valence-corrected chi connectivity index (χ2v) is 23.3. The molecule has 0 radical (unpaired) electrons. The van der Waals surface area contributed by atoms with Gasteiger partial charge in [-0.25, -0.2) is 29.3 Å². The number of rotatable bonds is 12. The molecule has 6 heterocycles. The monoisotopic (exact) mass is 1150 g/mol. The zero-order valence-corrected chi connectivity index (χ0v) is 48.2. The van der Waals surface area contributed by atoms with E-state index in [2.05, 4.69) is 103 Å². The molecule has 12 heteroatoms. The van der Waals surface area contributed by atoms with Crippen molar-refractivity contribution in [3.05, 3.63) is 234 Å². The fourth-order valence-electron chi connectivity index (χ4n) is 13.6. The second-order valence-electron chi connectivity index (χ2n) is 23.3. The van der Waals surface area contributed by atoms with Crippen molar-refractivity contribution in [2.75, 3.05) is 0 Å². The van der Waals surface area contributed by atoms with Crippen LogP contribution >= 0.6 is 0 Å². The molecule has 15 rings (SSSR count). The van der Waals surface area contributed by atoms with Crippen molar-refractivity contribution < 1.29 is 29.7 Å². The van der Waals surface area contributed by atoms with Gasteiger partial charge < -0.3 is 30.3 Å². The van der Waals surface area contributed by atoms with E-state index in [0.717, 1.165) is 155 Å². The molecular formula is C75H66N6O6. The number of nitrogens with one attached hydrogen (secondary N) is 3. The van der Waals surface area contributed by atoms with Crippen LogP contribution in [0.4, 0.5) is 0 Å². The highest BCUT2D eigenvalue weighted by molar-refractivity contribution is 6.00. The van der Waals surface area contributed by atoms with E-state index in [1.165, 1.54) is 38.5 Å². The SMILES string of the molecule is O=C(O)c1ccc(-c2c[nH]c3ncc(-c4ccccc4)cc23)cc1C1CCCC1.O=C(O)c1ccc(-c2c[nH]c3ncc(-c4ccccc4)cc23)cc1C1CCCC1.O=C(O)c1ccc(-c2c[nH]c3ncc(-c4ccccc4)cc23)cc1C1CCCC1. The van der Waals surface area contributed by atoms with Crippen LogP contribution in [0.2, 0.25) is 0 Å². The van der Waals surface area contributed by atoms with Gasteiger partial charge in [0, 0.05) is 86.7 Å². The maximum atomic E-state index is 11.8. The zero-order valence-electron chi connectivity index (χ0n) is 48.2. The molecule has 0 atom stereocenters. The summed E-state index contributed by atoms with van der Waals surface area (Å²) in [4.78, 5) is 58.9. The molecule has 6 aromatic heterocycles. The summed E-state index contributed by atoms with van der Waals surface area (Å²) in [7, 11) is 0. The van der Waals surface area contributed by atoms with Gasteiger partial charge in [0.2, 0.25) is 0 Å². The minimum Gasteiger partial charge on any atom is -0.478 e. The molecule has 0 bridgehead atoms. The first kappa shape index (κ1) is 56.0. The number of hydrogen-bond donors (Lipinski definition) is 6. The van der Waals surface area contributed by atoms with E-state index < -0.39 is 17.9 Å². The predicted molar refractivity (Wildman–Crippen MR) is 345 cm³/mol. The van der Waals surface area contributed by atoms with Crippen LogP contribution in [0, 0.1) is 0 Å². The number of carbonyl (C=O) groups is 3. The van der Waals surface area contributed by atoms with Crippen LogP contribution in [0.25, 0.3) is 99.9 Å². The number of hydrogen-bond acceptors (Lipinski definition) is 6. The van der Waals surface area contributed by atoms with Gasteiger partial charge in [0.05, 0.1) is 16.7 Å². The van der Waals surface area contributed by atoms with Gasteiger partial charge in [0.25, 0.3) is 0 Å². The molecule has 3 aliphatic rings. The third-order valence-electron chi connectivity index (χ3n) is 18.1. The Morgan fingerprint density at radius 1 is 0.322 bits per heavy atom. The van der Waals surface area contributed by atoms with Gasteiger partial charge in [-0.2, -0.15) is 0 Å². The van der Waals surface area contributed by atoms with Crippen LogP contribution in [0.5, 0.6) is 0 Å². The van der Waals surface area contributed by atoms with Crippen molar-refractivity contribution in [1.82, 2.24) is 29.9 Å². The Hall–Kier alpha value is -10.2. The average Bonchev–Trinajstić information content (AvgIpc) is 2.46. The van der Waals surface area contributed by atoms with Crippen molar-refractivity contribution in [1.29, 1.82) is 0 Å². The molecule has 6 aromatic carbocycles. The van der Waals surface area contributed by atoms with Crippen LogP contribution in [0.1, 0.15) is 143 Å². The van der Waals surface area contributed by atoms with Crippen molar-refractivity contribution in [2.45, 2.75) is 94.8 Å². The average molecular weight is 1150 g/mol. The van der Waals surface area contributed by atoms with E-state index in [9.17, 15) is 29.7 Å². The maximum absolute atomic E-state index is 11.8. The van der Waals surface area contributed by atoms with Crippen LogP contribution in [-0.4, -0.2) is 63.1 Å². The molecule has 0 saturated heterocycles.